The summed E-state index contributed by atoms with van der Waals surface area (Å²) in [7, 11) is 0. The third kappa shape index (κ3) is 3.32. The minimum absolute atomic E-state index is 0.210. The molecule has 18 heavy (non-hydrogen) atoms. The molecular weight excluding hydrogens is 357 g/mol. The first-order valence-corrected chi connectivity index (χ1v) is 7.79. The second kappa shape index (κ2) is 5.28. The standard InChI is InChI=1S/C13H18IN3S/c1-8(13(2,3)4)15-12-16-10-6-5-9(14)7-11(10)18-17-12/h5-8H,1-4H3,(H2,15,16,17). The van der Waals surface area contributed by atoms with Crippen LogP contribution in [-0.2, 0) is 0 Å². The summed E-state index contributed by atoms with van der Waals surface area (Å²) in [6.07, 6.45) is 0. The number of guanidine groups is 1. The fourth-order valence-electron chi connectivity index (χ4n) is 1.40. The zero-order valence-electron chi connectivity index (χ0n) is 11.0. The zero-order valence-corrected chi connectivity index (χ0v) is 14.0. The molecular formula is C13H18IN3S. The van der Waals surface area contributed by atoms with Crippen LogP contribution in [0.1, 0.15) is 27.7 Å². The summed E-state index contributed by atoms with van der Waals surface area (Å²) >= 11 is 3.84. The third-order valence-electron chi connectivity index (χ3n) is 3.08. The van der Waals surface area contributed by atoms with Crippen LogP contribution in [0.4, 0.5) is 5.69 Å². The average molecular weight is 375 g/mol. The first-order chi connectivity index (χ1) is 8.36. The fourth-order valence-corrected chi connectivity index (χ4v) is 2.79. The van der Waals surface area contributed by atoms with E-state index in [1.807, 2.05) is 0 Å². The second-order valence-corrected chi connectivity index (χ2v) is 7.58. The minimum Gasteiger partial charge on any atom is -0.352 e. The van der Waals surface area contributed by atoms with Gasteiger partial charge in [-0.2, -0.15) is 4.40 Å². The van der Waals surface area contributed by atoms with Crippen molar-refractivity contribution in [2.75, 3.05) is 5.32 Å². The maximum atomic E-state index is 4.47. The van der Waals surface area contributed by atoms with Gasteiger partial charge in [0.25, 0.3) is 0 Å². The summed E-state index contributed by atoms with van der Waals surface area (Å²) < 4.78 is 5.70. The van der Waals surface area contributed by atoms with Gasteiger partial charge in [0.1, 0.15) is 0 Å². The largest absolute Gasteiger partial charge is 0.352 e. The molecule has 0 aliphatic carbocycles. The van der Waals surface area contributed by atoms with Crippen molar-refractivity contribution in [3.05, 3.63) is 21.8 Å². The van der Waals surface area contributed by atoms with E-state index in [1.165, 1.54) is 20.4 Å². The van der Waals surface area contributed by atoms with Crippen molar-refractivity contribution in [3.63, 3.8) is 0 Å². The van der Waals surface area contributed by atoms with Crippen molar-refractivity contribution in [3.8, 4) is 0 Å². The molecule has 0 aromatic heterocycles. The van der Waals surface area contributed by atoms with E-state index in [1.54, 1.807) is 0 Å². The number of nitrogens with zero attached hydrogens (tertiary/aromatic N) is 1. The van der Waals surface area contributed by atoms with Gasteiger partial charge in [-0.1, -0.05) is 20.8 Å². The highest BCUT2D eigenvalue weighted by Gasteiger charge is 2.22. The van der Waals surface area contributed by atoms with Gasteiger partial charge in [0.15, 0.2) is 0 Å². The molecule has 0 radical (unpaired) electrons. The molecule has 0 bridgehead atoms. The first kappa shape index (κ1) is 14.0. The molecule has 0 amide bonds. The molecule has 1 aliphatic heterocycles. The summed E-state index contributed by atoms with van der Waals surface area (Å²) in [5.74, 6) is 0.844. The van der Waals surface area contributed by atoms with E-state index in [2.05, 4.69) is 83.5 Å². The minimum atomic E-state index is 0.210. The number of hydrogen-bond donors (Lipinski definition) is 2. The summed E-state index contributed by atoms with van der Waals surface area (Å²) in [6, 6.07) is 6.70. The summed E-state index contributed by atoms with van der Waals surface area (Å²) in [6.45, 7) is 8.84. The molecule has 1 aromatic carbocycles. The maximum absolute atomic E-state index is 4.47. The molecule has 2 N–H and O–H groups in total. The Kier molecular flexibility index (Phi) is 4.11. The lowest BCUT2D eigenvalue weighted by molar-refractivity contribution is 0.316. The van der Waals surface area contributed by atoms with Gasteiger partial charge in [-0.3, -0.25) is 0 Å². The van der Waals surface area contributed by atoms with E-state index in [-0.39, 0.29) is 5.41 Å². The van der Waals surface area contributed by atoms with Crippen LogP contribution in [0.15, 0.2) is 27.5 Å². The van der Waals surface area contributed by atoms with E-state index in [4.69, 9.17) is 0 Å². The summed E-state index contributed by atoms with van der Waals surface area (Å²) in [5, 5.41) is 6.77. The molecule has 1 atom stereocenters. The van der Waals surface area contributed by atoms with Crippen LogP contribution in [0, 0.1) is 8.99 Å². The van der Waals surface area contributed by atoms with Gasteiger partial charge >= 0.3 is 0 Å². The topological polar surface area (TPSA) is 36.4 Å². The number of rotatable bonds is 1. The van der Waals surface area contributed by atoms with Crippen LogP contribution in [0.5, 0.6) is 0 Å². The third-order valence-corrected chi connectivity index (χ3v) is 4.56. The highest BCUT2D eigenvalue weighted by molar-refractivity contribution is 14.1. The SMILES string of the molecule is CC(NC1=NSc2cc(I)ccc2N1)C(C)(C)C. The van der Waals surface area contributed by atoms with Crippen LogP contribution < -0.4 is 10.6 Å². The van der Waals surface area contributed by atoms with E-state index in [9.17, 15) is 0 Å². The first-order valence-electron chi connectivity index (χ1n) is 5.94. The molecule has 1 aliphatic rings. The summed E-state index contributed by atoms with van der Waals surface area (Å²) in [4.78, 5) is 1.18. The Bertz CT molecular complexity index is 480. The monoisotopic (exact) mass is 375 g/mol. The molecule has 0 spiro atoms. The maximum Gasteiger partial charge on any atom is 0.208 e. The van der Waals surface area contributed by atoms with Crippen molar-refractivity contribution < 1.29 is 0 Å². The number of anilines is 1. The van der Waals surface area contributed by atoms with Gasteiger partial charge in [-0.25, -0.2) is 0 Å². The van der Waals surface area contributed by atoms with E-state index in [0.717, 1.165) is 11.6 Å². The number of halogens is 1. The zero-order chi connectivity index (χ0) is 13.3. The highest BCUT2D eigenvalue weighted by atomic mass is 127. The smallest absolute Gasteiger partial charge is 0.208 e. The number of nitrogens with one attached hydrogen (secondary N) is 2. The van der Waals surface area contributed by atoms with E-state index >= 15 is 0 Å². The molecule has 5 heteroatoms. The predicted molar refractivity (Wildman–Crippen MR) is 88.1 cm³/mol. The molecule has 2 rings (SSSR count). The van der Waals surface area contributed by atoms with Crippen molar-refractivity contribution in [1.29, 1.82) is 0 Å². The van der Waals surface area contributed by atoms with Gasteiger partial charge in [0.2, 0.25) is 5.96 Å². The number of hydrogen-bond acceptors (Lipinski definition) is 4. The molecule has 1 heterocycles. The van der Waals surface area contributed by atoms with E-state index < -0.39 is 0 Å². The number of fused-ring (bicyclic) bond motifs is 1. The normalized spacial score (nSPS) is 16.4. The Hall–Kier alpha value is -0.430. The van der Waals surface area contributed by atoms with Gasteiger partial charge in [-0.15, -0.1) is 0 Å². The Morgan fingerprint density at radius 1 is 1.39 bits per heavy atom. The Balaban J connectivity index is 2.08. The van der Waals surface area contributed by atoms with Crippen LogP contribution >= 0.6 is 34.5 Å². The van der Waals surface area contributed by atoms with Crippen LogP contribution in [-0.4, -0.2) is 12.0 Å². The molecule has 0 saturated carbocycles. The van der Waals surface area contributed by atoms with Crippen molar-refractivity contribution >= 4 is 46.2 Å². The lowest BCUT2D eigenvalue weighted by Crippen LogP contribution is -2.44. The van der Waals surface area contributed by atoms with Crippen LogP contribution in [0.2, 0.25) is 0 Å². The molecule has 0 fully saturated rings. The average Bonchev–Trinajstić information content (AvgIpc) is 2.28. The van der Waals surface area contributed by atoms with Gasteiger partial charge in [0, 0.05) is 21.6 Å². The van der Waals surface area contributed by atoms with Crippen LogP contribution in [0.25, 0.3) is 0 Å². The molecule has 1 unspecified atom stereocenters. The number of benzene rings is 1. The van der Waals surface area contributed by atoms with Gasteiger partial charge < -0.3 is 10.6 Å². The van der Waals surface area contributed by atoms with E-state index in [0.29, 0.717) is 6.04 Å². The Labute approximate surface area is 126 Å². The second-order valence-electron chi connectivity index (χ2n) is 5.53. The van der Waals surface area contributed by atoms with Crippen molar-refractivity contribution in [1.82, 2.24) is 5.32 Å². The molecule has 3 nitrogen and oxygen atoms in total. The fraction of sp³-hybridized carbons (Fsp3) is 0.462. The van der Waals surface area contributed by atoms with Crippen LogP contribution in [0.3, 0.4) is 0 Å². The lowest BCUT2D eigenvalue weighted by atomic mass is 9.88. The Morgan fingerprint density at radius 2 is 2.11 bits per heavy atom. The molecule has 1 aromatic rings. The summed E-state index contributed by atoms with van der Waals surface area (Å²) in [5.41, 5.74) is 1.33. The van der Waals surface area contributed by atoms with Gasteiger partial charge in [0.05, 0.1) is 10.6 Å². The van der Waals surface area contributed by atoms with Gasteiger partial charge in [-0.05, 0) is 53.1 Å². The Morgan fingerprint density at radius 3 is 2.78 bits per heavy atom. The molecule has 98 valence electrons. The highest BCUT2D eigenvalue weighted by Crippen LogP contribution is 2.33. The lowest BCUT2D eigenvalue weighted by Gasteiger charge is -2.30. The predicted octanol–water partition coefficient (Wildman–Crippen LogP) is 4.10. The quantitative estimate of drug-likeness (QED) is 0.573. The van der Waals surface area contributed by atoms with Crippen molar-refractivity contribution in [2.24, 2.45) is 9.81 Å². The molecule has 0 saturated heterocycles. The van der Waals surface area contributed by atoms with Crippen molar-refractivity contribution in [2.45, 2.75) is 38.6 Å².